The van der Waals surface area contributed by atoms with Gasteiger partial charge in [0, 0.05) is 31.0 Å². The quantitative estimate of drug-likeness (QED) is 0.477. The summed E-state index contributed by atoms with van der Waals surface area (Å²) in [5, 5.41) is 7.79. The molecule has 0 amide bonds. The Kier molecular flexibility index (Phi) is 5.58. The molecule has 0 aliphatic rings. The van der Waals surface area contributed by atoms with Crippen molar-refractivity contribution in [1.82, 2.24) is 19.8 Å². The average molecular weight is 415 g/mol. The number of aryl methyl sites for hydroxylation is 3. The predicted octanol–water partition coefficient (Wildman–Crippen LogP) is 3.93. The van der Waals surface area contributed by atoms with Crippen molar-refractivity contribution in [3.8, 4) is 11.4 Å². The molecule has 158 valence electrons. The van der Waals surface area contributed by atoms with Crippen LogP contribution in [0.2, 0.25) is 0 Å². The van der Waals surface area contributed by atoms with Crippen LogP contribution in [0.3, 0.4) is 0 Å². The van der Waals surface area contributed by atoms with Crippen LogP contribution in [0.15, 0.2) is 71.5 Å². The van der Waals surface area contributed by atoms with Crippen molar-refractivity contribution in [2.45, 2.75) is 20.5 Å². The molecule has 0 spiro atoms. The lowest BCUT2D eigenvalue weighted by molar-refractivity contribution is 0.302. The van der Waals surface area contributed by atoms with Gasteiger partial charge >= 0.3 is 5.69 Å². The van der Waals surface area contributed by atoms with E-state index in [-0.39, 0.29) is 5.69 Å². The van der Waals surface area contributed by atoms with Crippen molar-refractivity contribution in [1.29, 1.82) is 0 Å². The Morgan fingerprint density at radius 3 is 2.35 bits per heavy atom. The fourth-order valence-corrected chi connectivity index (χ4v) is 3.49. The van der Waals surface area contributed by atoms with Gasteiger partial charge in [0.2, 0.25) is 0 Å². The van der Waals surface area contributed by atoms with E-state index in [0.29, 0.717) is 12.3 Å². The van der Waals surface area contributed by atoms with Crippen LogP contribution in [0.1, 0.15) is 16.7 Å². The molecule has 0 saturated carbocycles. The number of rotatable bonds is 6. The lowest BCUT2D eigenvalue weighted by Gasteiger charge is -2.21. The first-order valence-electron chi connectivity index (χ1n) is 10.1. The summed E-state index contributed by atoms with van der Waals surface area (Å²) in [4.78, 5) is 14.5. The number of tetrazole rings is 1. The van der Waals surface area contributed by atoms with E-state index in [0.717, 1.165) is 33.8 Å². The summed E-state index contributed by atoms with van der Waals surface area (Å²) in [7, 11) is 3.62. The summed E-state index contributed by atoms with van der Waals surface area (Å²) in [6.07, 6.45) is 0. The van der Waals surface area contributed by atoms with Gasteiger partial charge in [-0.15, -0.1) is 0 Å². The molecule has 0 aliphatic heterocycles. The number of anilines is 2. The average Bonchev–Trinajstić information content (AvgIpc) is 3.11. The van der Waals surface area contributed by atoms with Crippen molar-refractivity contribution in [2.24, 2.45) is 7.05 Å². The minimum atomic E-state index is -0.295. The molecule has 1 aromatic heterocycles. The molecule has 4 aromatic rings. The van der Waals surface area contributed by atoms with Crippen LogP contribution in [0.5, 0.6) is 5.75 Å². The second-order valence-electron chi connectivity index (χ2n) is 7.50. The second-order valence-corrected chi connectivity index (χ2v) is 7.50. The van der Waals surface area contributed by atoms with Gasteiger partial charge in [0.25, 0.3) is 0 Å². The minimum Gasteiger partial charge on any atom is -0.489 e. The number of hydrogen-bond acceptors (Lipinski definition) is 5. The largest absolute Gasteiger partial charge is 0.489 e. The first-order valence-corrected chi connectivity index (χ1v) is 10.1. The number of ether oxygens (including phenoxy) is 1. The molecule has 0 N–H and O–H groups in total. The third kappa shape index (κ3) is 4.07. The summed E-state index contributed by atoms with van der Waals surface area (Å²) in [6.45, 7) is 4.34. The molecule has 0 fully saturated rings. The highest BCUT2D eigenvalue weighted by Crippen LogP contribution is 2.29. The highest BCUT2D eigenvalue weighted by molar-refractivity contribution is 5.64. The van der Waals surface area contributed by atoms with E-state index in [9.17, 15) is 4.79 Å². The monoisotopic (exact) mass is 415 g/mol. The van der Waals surface area contributed by atoms with Crippen LogP contribution < -0.4 is 15.3 Å². The van der Waals surface area contributed by atoms with Crippen molar-refractivity contribution >= 4 is 11.4 Å². The number of benzene rings is 3. The molecule has 0 aliphatic carbocycles. The molecule has 1 heterocycles. The Bertz CT molecular complexity index is 1260. The van der Waals surface area contributed by atoms with E-state index < -0.39 is 0 Å². The van der Waals surface area contributed by atoms with Gasteiger partial charge in [-0.3, -0.25) is 0 Å². The van der Waals surface area contributed by atoms with Gasteiger partial charge in [0.1, 0.15) is 12.4 Å². The van der Waals surface area contributed by atoms with Gasteiger partial charge in [-0.2, -0.15) is 9.36 Å². The second kappa shape index (κ2) is 8.47. The van der Waals surface area contributed by atoms with Crippen molar-refractivity contribution in [3.05, 3.63) is 93.9 Å². The van der Waals surface area contributed by atoms with E-state index in [2.05, 4.69) is 33.5 Å². The molecule has 4 rings (SSSR count). The predicted molar refractivity (Wildman–Crippen MR) is 121 cm³/mol. The highest BCUT2D eigenvalue weighted by Gasteiger charge is 2.14. The summed E-state index contributed by atoms with van der Waals surface area (Å²) in [5.74, 6) is 0.797. The molecule has 0 radical (unpaired) electrons. The number of hydrogen-bond donors (Lipinski definition) is 0. The Hall–Kier alpha value is -3.87. The van der Waals surface area contributed by atoms with E-state index in [4.69, 9.17) is 4.74 Å². The standard InChI is InChI=1S/C24H25N5O2/c1-17-9-8-12-22(29-24(30)28(4)25-26-29)21(17)16-31-23-14-13-20(15-18(23)2)27(3)19-10-6-5-7-11-19/h5-15H,16H2,1-4H3. The van der Waals surface area contributed by atoms with E-state index in [1.54, 1.807) is 7.05 Å². The molecule has 7 nitrogen and oxygen atoms in total. The third-order valence-corrected chi connectivity index (χ3v) is 5.40. The van der Waals surface area contributed by atoms with Gasteiger partial charge in [-0.05, 0) is 71.8 Å². The number of para-hydroxylation sites is 1. The van der Waals surface area contributed by atoms with Gasteiger partial charge in [0.15, 0.2) is 0 Å². The molecule has 0 atom stereocenters. The summed E-state index contributed by atoms with van der Waals surface area (Å²) in [5.41, 5.74) is 5.54. The summed E-state index contributed by atoms with van der Waals surface area (Å²) in [6, 6.07) is 22.1. The lowest BCUT2D eigenvalue weighted by Crippen LogP contribution is -2.23. The van der Waals surface area contributed by atoms with Crippen molar-refractivity contribution in [2.75, 3.05) is 11.9 Å². The van der Waals surface area contributed by atoms with E-state index >= 15 is 0 Å². The lowest BCUT2D eigenvalue weighted by atomic mass is 10.1. The zero-order valence-corrected chi connectivity index (χ0v) is 18.1. The molecule has 0 bridgehead atoms. The highest BCUT2D eigenvalue weighted by atomic mass is 16.5. The van der Waals surface area contributed by atoms with Crippen LogP contribution >= 0.6 is 0 Å². The van der Waals surface area contributed by atoms with Crippen molar-refractivity contribution < 1.29 is 4.74 Å². The maximum absolute atomic E-state index is 12.3. The first-order chi connectivity index (χ1) is 15.0. The Balaban J connectivity index is 1.58. The third-order valence-electron chi connectivity index (χ3n) is 5.40. The summed E-state index contributed by atoms with van der Waals surface area (Å²) >= 11 is 0. The molecule has 3 aromatic carbocycles. The Labute approximate surface area is 181 Å². The van der Waals surface area contributed by atoms with Gasteiger partial charge in [0.05, 0.1) is 5.69 Å². The zero-order chi connectivity index (χ0) is 22.0. The Morgan fingerprint density at radius 1 is 0.903 bits per heavy atom. The van der Waals surface area contributed by atoms with Crippen molar-refractivity contribution in [3.63, 3.8) is 0 Å². The van der Waals surface area contributed by atoms with Crippen LogP contribution in [0, 0.1) is 13.8 Å². The van der Waals surface area contributed by atoms with Crippen LogP contribution in [-0.2, 0) is 13.7 Å². The Morgan fingerprint density at radius 2 is 1.68 bits per heavy atom. The van der Waals surface area contributed by atoms with Crippen LogP contribution in [-0.4, -0.2) is 26.8 Å². The maximum atomic E-state index is 12.3. The molecule has 0 unspecified atom stereocenters. The fourth-order valence-electron chi connectivity index (χ4n) is 3.49. The molecule has 31 heavy (non-hydrogen) atoms. The van der Waals surface area contributed by atoms with Gasteiger partial charge in [-0.25, -0.2) is 4.79 Å². The topological polar surface area (TPSA) is 65.2 Å². The normalized spacial score (nSPS) is 10.8. The molecule has 7 heteroatoms. The van der Waals surface area contributed by atoms with E-state index in [1.165, 1.54) is 9.36 Å². The minimum absolute atomic E-state index is 0.295. The van der Waals surface area contributed by atoms with E-state index in [1.807, 2.05) is 69.4 Å². The smallest absolute Gasteiger partial charge is 0.368 e. The number of nitrogens with zero attached hydrogens (tertiary/aromatic N) is 5. The van der Waals surface area contributed by atoms with Crippen LogP contribution in [0.25, 0.3) is 5.69 Å². The van der Waals surface area contributed by atoms with Gasteiger partial charge < -0.3 is 9.64 Å². The molecular formula is C24H25N5O2. The fraction of sp³-hybridized carbons (Fsp3) is 0.208. The SMILES string of the molecule is Cc1cc(N(C)c2ccccc2)ccc1OCc1c(C)cccc1-n1nnn(C)c1=O. The molecule has 0 saturated heterocycles. The maximum Gasteiger partial charge on any atom is 0.368 e. The van der Waals surface area contributed by atoms with Gasteiger partial charge in [-0.1, -0.05) is 30.3 Å². The number of aromatic nitrogens is 4. The zero-order valence-electron chi connectivity index (χ0n) is 18.1. The summed E-state index contributed by atoms with van der Waals surface area (Å²) < 4.78 is 8.67. The first kappa shape index (κ1) is 20.4. The molecular weight excluding hydrogens is 390 g/mol. The van der Waals surface area contributed by atoms with Crippen LogP contribution in [0.4, 0.5) is 11.4 Å².